The van der Waals surface area contributed by atoms with Crippen LogP contribution in [0.1, 0.15) is 17.9 Å². The summed E-state index contributed by atoms with van der Waals surface area (Å²) in [6, 6.07) is 7.28. The fourth-order valence-electron chi connectivity index (χ4n) is 1.75. The lowest BCUT2D eigenvalue weighted by Crippen LogP contribution is -2.20. The highest BCUT2D eigenvalue weighted by molar-refractivity contribution is 5.77. The summed E-state index contributed by atoms with van der Waals surface area (Å²) in [5.74, 6) is -0.691. The summed E-state index contributed by atoms with van der Waals surface area (Å²) in [6.07, 6.45) is 0.572. The van der Waals surface area contributed by atoms with Gasteiger partial charge in [0.05, 0.1) is 13.0 Å². The molecule has 0 spiro atoms. The normalized spacial score (nSPS) is 12.5. The minimum absolute atomic E-state index is 0.520. The van der Waals surface area contributed by atoms with Crippen molar-refractivity contribution in [3.05, 3.63) is 29.8 Å². The Morgan fingerprint density at radius 2 is 2.06 bits per heavy atom. The highest BCUT2D eigenvalue weighted by Crippen LogP contribution is 2.29. The van der Waals surface area contributed by atoms with E-state index < -0.39 is 11.9 Å². The molecule has 1 N–H and O–H groups in total. The average Bonchev–Trinajstić information content (AvgIpc) is 2.29. The lowest BCUT2D eigenvalue weighted by atomic mass is 9.95. The van der Waals surface area contributed by atoms with E-state index >= 15 is 0 Å². The number of carbonyl (C=O) groups is 1. The zero-order valence-corrected chi connectivity index (χ0v) is 10.5. The van der Waals surface area contributed by atoms with Gasteiger partial charge in [0.2, 0.25) is 0 Å². The van der Waals surface area contributed by atoms with Gasteiger partial charge in [-0.2, -0.15) is 0 Å². The van der Waals surface area contributed by atoms with E-state index in [1.165, 1.54) is 0 Å². The molecule has 0 aromatic heterocycles. The van der Waals surface area contributed by atoms with Crippen molar-refractivity contribution in [2.45, 2.75) is 12.3 Å². The molecular weight excluding hydrogens is 218 g/mol. The van der Waals surface area contributed by atoms with Gasteiger partial charge in [0.15, 0.2) is 0 Å². The van der Waals surface area contributed by atoms with Gasteiger partial charge < -0.3 is 14.7 Å². The van der Waals surface area contributed by atoms with Crippen LogP contribution in [0.25, 0.3) is 0 Å². The molecule has 0 aliphatic heterocycles. The van der Waals surface area contributed by atoms with Crippen molar-refractivity contribution in [1.82, 2.24) is 4.90 Å². The van der Waals surface area contributed by atoms with Crippen LogP contribution in [0.3, 0.4) is 0 Å². The van der Waals surface area contributed by atoms with E-state index in [9.17, 15) is 9.90 Å². The van der Waals surface area contributed by atoms with E-state index in [4.69, 9.17) is 4.74 Å². The number of hydrogen-bond acceptors (Lipinski definition) is 3. The minimum Gasteiger partial charge on any atom is -0.496 e. The second kappa shape index (κ2) is 6.25. The topological polar surface area (TPSA) is 49.8 Å². The van der Waals surface area contributed by atoms with Gasteiger partial charge in [-0.05, 0) is 33.1 Å². The van der Waals surface area contributed by atoms with Crippen LogP contribution in [-0.2, 0) is 4.79 Å². The molecule has 1 unspecified atom stereocenters. The van der Waals surface area contributed by atoms with Crippen LogP contribution in [0.15, 0.2) is 24.3 Å². The molecule has 0 radical (unpaired) electrons. The van der Waals surface area contributed by atoms with Crippen LogP contribution in [0, 0.1) is 0 Å². The number of carboxylic acids is 1. The maximum absolute atomic E-state index is 11.3. The van der Waals surface area contributed by atoms with Gasteiger partial charge in [-0.3, -0.25) is 4.79 Å². The van der Waals surface area contributed by atoms with E-state index in [0.29, 0.717) is 12.2 Å². The summed E-state index contributed by atoms with van der Waals surface area (Å²) in [6.45, 7) is 0.731. The average molecular weight is 237 g/mol. The number of para-hydroxylation sites is 1. The first-order chi connectivity index (χ1) is 8.06. The van der Waals surface area contributed by atoms with Crippen molar-refractivity contribution in [2.75, 3.05) is 27.7 Å². The van der Waals surface area contributed by atoms with Crippen LogP contribution in [0.5, 0.6) is 5.75 Å². The fourth-order valence-corrected chi connectivity index (χ4v) is 1.75. The molecule has 0 aliphatic carbocycles. The van der Waals surface area contributed by atoms with E-state index in [1.54, 1.807) is 13.2 Å². The first-order valence-electron chi connectivity index (χ1n) is 5.56. The largest absolute Gasteiger partial charge is 0.496 e. The molecule has 0 saturated carbocycles. The number of hydrogen-bond donors (Lipinski definition) is 1. The molecule has 0 aliphatic rings. The summed E-state index contributed by atoms with van der Waals surface area (Å²) in [5, 5.41) is 9.29. The zero-order chi connectivity index (χ0) is 12.8. The van der Waals surface area contributed by atoms with Gasteiger partial charge in [0, 0.05) is 5.56 Å². The molecule has 1 aromatic rings. The number of aliphatic carboxylic acids is 1. The summed E-state index contributed by atoms with van der Waals surface area (Å²) >= 11 is 0. The summed E-state index contributed by atoms with van der Waals surface area (Å²) in [4.78, 5) is 13.3. The van der Waals surface area contributed by atoms with Crippen LogP contribution in [-0.4, -0.2) is 43.7 Å². The predicted octanol–water partition coefficient (Wildman–Crippen LogP) is 1.82. The number of ether oxygens (including phenoxy) is 1. The Labute approximate surface area is 102 Å². The molecule has 94 valence electrons. The Kier molecular flexibility index (Phi) is 4.97. The van der Waals surface area contributed by atoms with Crippen LogP contribution in [0.2, 0.25) is 0 Å². The minimum atomic E-state index is -0.809. The lowest BCUT2D eigenvalue weighted by Gasteiger charge is -2.18. The van der Waals surface area contributed by atoms with E-state index in [0.717, 1.165) is 12.1 Å². The highest BCUT2D eigenvalue weighted by atomic mass is 16.5. The Morgan fingerprint density at radius 1 is 1.41 bits per heavy atom. The van der Waals surface area contributed by atoms with Gasteiger partial charge in [-0.25, -0.2) is 0 Å². The predicted molar refractivity (Wildman–Crippen MR) is 66.5 cm³/mol. The van der Waals surface area contributed by atoms with Gasteiger partial charge in [0.1, 0.15) is 5.75 Å². The maximum atomic E-state index is 11.3. The Balaban J connectivity index is 2.93. The molecule has 0 heterocycles. The fraction of sp³-hybridized carbons (Fsp3) is 0.462. The molecule has 0 saturated heterocycles. The van der Waals surface area contributed by atoms with Gasteiger partial charge in [-0.15, -0.1) is 0 Å². The number of methoxy groups -OCH3 is 1. The molecule has 0 fully saturated rings. The molecule has 1 atom stereocenters. The Morgan fingerprint density at radius 3 is 2.59 bits per heavy atom. The van der Waals surface area contributed by atoms with Gasteiger partial charge >= 0.3 is 5.97 Å². The number of rotatable bonds is 6. The monoisotopic (exact) mass is 237 g/mol. The maximum Gasteiger partial charge on any atom is 0.311 e. The molecule has 1 rings (SSSR count). The third kappa shape index (κ3) is 3.75. The molecular formula is C13H19NO3. The molecule has 4 heteroatoms. The van der Waals surface area contributed by atoms with Crippen molar-refractivity contribution in [3.63, 3.8) is 0 Å². The molecule has 17 heavy (non-hydrogen) atoms. The van der Waals surface area contributed by atoms with Crippen LogP contribution in [0.4, 0.5) is 0 Å². The first kappa shape index (κ1) is 13.5. The summed E-state index contributed by atoms with van der Waals surface area (Å²) in [5.41, 5.74) is 0.740. The third-order valence-electron chi connectivity index (χ3n) is 2.68. The highest BCUT2D eigenvalue weighted by Gasteiger charge is 2.22. The van der Waals surface area contributed by atoms with Crippen LogP contribution >= 0.6 is 0 Å². The second-order valence-corrected chi connectivity index (χ2v) is 4.22. The first-order valence-corrected chi connectivity index (χ1v) is 5.56. The summed E-state index contributed by atoms with van der Waals surface area (Å²) in [7, 11) is 5.42. The van der Waals surface area contributed by atoms with Crippen molar-refractivity contribution >= 4 is 5.97 Å². The molecule has 4 nitrogen and oxygen atoms in total. The quantitative estimate of drug-likeness (QED) is 0.820. The number of nitrogens with zero attached hydrogens (tertiary/aromatic N) is 1. The summed E-state index contributed by atoms with van der Waals surface area (Å²) < 4.78 is 5.21. The van der Waals surface area contributed by atoms with E-state index in [2.05, 4.69) is 0 Å². The zero-order valence-electron chi connectivity index (χ0n) is 10.5. The molecule has 0 amide bonds. The van der Waals surface area contributed by atoms with Crippen LogP contribution < -0.4 is 4.74 Å². The van der Waals surface area contributed by atoms with Crippen molar-refractivity contribution < 1.29 is 14.6 Å². The van der Waals surface area contributed by atoms with Crippen molar-refractivity contribution in [3.8, 4) is 5.75 Å². The van der Waals surface area contributed by atoms with Gasteiger partial charge in [0.25, 0.3) is 0 Å². The second-order valence-electron chi connectivity index (χ2n) is 4.22. The standard InChI is InChI=1S/C13H19NO3/c1-14(2)9-8-11(13(15)16)10-6-4-5-7-12(10)17-3/h4-7,11H,8-9H2,1-3H3,(H,15,16). The molecule has 1 aromatic carbocycles. The third-order valence-corrected chi connectivity index (χ3v) is 2.68. The van der Waals surface area contributed by atoms with E-state index in [1.807, 2.05) is 37.2 Å². The number of carboxylic acid groups (broad SMARTS) is 1. The van der Waals surface area contributed by atoms with Gasteiger partial charge in [-0.1, -0.05) is 18.2 Å². The lowest BCUT2D eigenvalue weighted by molar-refractivity contribution is -0.139. The SMILES string of the molecule is COc1ccccc1C(CCN(C)C)C(=O)O. The van der Waals surface area contributed by atoms with E-state index in [-0.39, 0.29) is 0 Å². The Bertz CT molecular complexity index is 377. The smallest absolute Gasteiger partial charge is 0.311 e. The number of benzene rings is 1. The van der Waals surface area contributed by atoms with Crippen molar-refractivity contribution in [2.24, 2.45) is 0 Å². The Hall–Kier alpha value is -1.55. The molecule has 0 bridgehead atoms. The van der Waals surface area contributed by atoms with Crippen molar-refractivity contribution in [1.29, 1.82) is 0 Å².